The maximum atomic E-state index is 5.62. The number of nitrogens with one attached hydrogen (secondary N) is 1. The molecule has 6 heteroatoms. The third kappa shape index (κ3) is 2.45. The second-order valence-corrected chi connectivity index (χ2v) is 3.96. The summed E-state index contributed by atoms with van der Waals surface area (Å²) in [6.45, 7) is 3.85. The van der Waals surface area contributed by atoms with E-state index in [0.29, 0.717) is 18.5 Å². The van der Waals surface area contributed by atoms with Crippen molar-refractivity contribution in [1.29, 1.82) is 0 Å². The van der Waals surface area contributed by atoms with Gasteiger partial charge < -0.3 is 20.2 Å². The Morgan fingerprint density at radius 1 is 1.53 bits per heavy atom. The Bertz CT molecular complexity index is 320. The average Bonchev–Trinajstić information content (AvgIpc) is 2.84. The molecule has 2 heterocycles. The smallest absolute Gasteiger partial charge is 0.315 e. The predicted octanol–water partition coefficient (Wildman–Crippen LogP) is 0.509. The van der Waals surface area contributed by atoms with Crippen molar-refractivity contribution in [3.8, 4) is 0 Å². The summed E-state index contributed by atoms with van der Waals surface area (Å²) in [5.74, 6) is 0.440. The maximum absolute atomic E-state index is 5.62. The van der Waals surface area contributed by atoms with Crippen LogP contribution in [-0.4, -0.2) is 29.0 Å². The normalized spacial score (nSPS) is 25.7. The Kier molecular flexibility index (Phi) is 2.88. The molecule has 84 valence electrons. The fraction of sp³-hybridized carbons (Fsp3) is 0.778. The molecule has 6 nitrogen and oxygen atoms in total. The Morgan fingerprint density at radius 2 is 2.40 bits per heavy atom. The molecule has 0 aliphatic carbocycles. The van der Waals surface area contributed by atoms with Crippen molar-refractivity contribution in [2.24, 2.45) is 5.73 Å². The van der Waals surface area contributed by atoms with Gasteiger partial charge in [0.25, 0.3) is 0 Å². The van der Waals surface area contributed by atoms with Gasteiger partial charge in [0.05, 0.1) is 12.1 Å². The predicted molar refractivity (Wildman–Crippen MR) is 54.3 cm³/mol. The summed E-state index contributed by atoms with van der Waals surface area (Å²) >= 11 is 0. The van der Waals surface area contributed by atoms with Crippen LogP contribution in [0.1, 0.15) is 25.7 Å². The van der Waals surface area contributed by atoms with Crippen LogP contribution in [0, 0.1) is 0 Å². The van der Waals surface area contributed by atoms with Crippen molar-refractivity contribution in [3.05, 3.63) is 5.89 Å². The molecule has 2 rings (SSSR count). The van der Waals surface area contributed by atoms with Gasteiger partial charge in [-0.1, -0.05) is 5.10 Å². The fourth-order valence-electron chi connectivity index (χ4n) is 1.65. The number of nitrogens with zero attached hydrogens (tertiary/aromatic N) is 2. The second kappa shape index (κ2) is 4.16. The SMILES string of the molecule is CC1(CNc2nnc(CN)o2)CCCO1. The van der Waals surface area contributed by atoms with E-state index < -0.39 is 0 Å². The molecule has 1 atom stereocenters. The van der Waals surface area contributed by atoms with Crippen LogP contribution < -0.4 is 11.1 Å². The number of aromatic nitrogens is 2. The highest BCUT2D eigenvalue weighted by Gasteiger charge is 2.29. The van der Waals surface area contributed by atoms with E-state index in [9.17, 15) is 0 Å². The maximum Gasteiger partial charge on any atom is 0.315 e. The summed E-state index contributed by atoms with van der Waals surface area (Å²) in [7, 11) is 0. The van der Waals surface area contributed by atoms with Crippen molar-refractivity contribution in [2.45, 2.75) is 31.9 Å². The molecular weight excluding hydrogens is 196 g/mol. The summed E-state index contributed by atoms with van der Waals surface area (Å²) in [5.41, 5.74) is 5.24. The molecule has 15 heavy (non-hydrogen) atoms. The number of rotatable bonds is 4. The minimum atomic E-state index is -0.114. The summed E-state index contributed by atoms with van der Waals surface area (Å²) in [4.78, 5) is 0. The zero-order valence-corrected chi connectivity index (χ0v) is 8.82. The van der Waals surface area contributed by atoms with E-state index in [1.54, 1.807) is 0 Å². The molecule has 1 aromatic rings. The molecular formula is C9H16N4O2. The van der Waals surface area contributed by atoms with Crippen molar-refractivity contribution in [3.63, 3.8) is 0 Å². The fourth-order valence-corrected chi connectivity index (χ4v) is 1.65. The van der Waals surface area contributed by atoms with E-state index in [-0.39, 0.29) is 12.1 Å². The monoisotopic (exact) mass is 212 g/mol. The zero-order chi connectivity index (χ0) is 10.7. The second-order valence-electron chi connectivity index (χ2n) is 3.96. The van der Waals surface area contributed by atoms with E-state index in [0.717, 1.165) is 19.4 Å². The van der Waals surface area contributed by atoms with Crippen LogP contribution in [0.3, 0.4) is 0 Å². The number of anilines is 1. The molecule has 1 fully saturated rings. The molecule has 0 amide bonds. The number of hydrogen-bond donors (Lipinski definition) is 2. The third-order valence-corrected chi connectivity index (χ3v) is 2.56. The number of ether oxygens (including phenoxy) is 1. The molecule has 1 aliphatic rings. The van der Waals surface area contributed by atoms with Gasteiger partial charge in [-0.05, 0) is 19.8 Å². The largest absolute Gasteiger partial charge is 0.407 e. The van der Waals surface area contributed by atoms with E-state index in [1.165, 1.54) is 0 Å². The standard InChI is InChI=1S/C9H16N4O2/c1-9(3-2-4-14-9)6-11-8-13-12-7(5-10)15-8/h2-6,10H2,1H3,(H,11,13). The molecule has 0 saturated carbocycles. The van der Waals surface area contributed by atoms with Gasteiger partial charge in [0.1, 0.15) is 0 Å². The molecule has 1 aromatic heterocycles. The van der Waals surface area contributed by atoms with Crippen molar-refractivity contribution in [1.82, 2.24) is 10.2 Å². The minimum absolute atomic E-state index is 0.114. The molecule has 0 bridgehead atoms. The van der Waals surface area contributed by atoms with Gasteiger partial charge in [-0.2, -0.15) is 0 Å². The highest BCUT2D eigenvalue weighted by Crippen LogP contribution is 2.25. The van der Waals surface area contributed by atoms with Gasteiger partial charge in [0, 0.05) is 13.2 Å². The Labute approximate surface area is 88.2 Å². The van der Waals surface area contributed by atoms with Gasteiger partial charge >= 0.3 is 6.01 Å². The van der Waals surface area contributed by atoms with Gasteiger partial charge in [-0.15, -0.1) is 5.10 Å². The molecule has 1 saturated heterocycles. The van der Waals surface area contributed by atoms with Crippen molar-refractivity contribution < 1.29 is 9.15 Å². The van der Waals surface area contributed by atoms with Gasteiger partial charge in [-0.3, -0.25) is 0 Å². The van der Waals surface area contributed by atoms with E-state index >= 15 is 0 Å². The highest BCUT2D eigenvalue weighted by atomic mass is 16.5. The summed E-state index contributed by atoms with van der Waals surface area (Å²) < 4.78 is 10.8. The molecule has 0 spiro atoms. The molecule has 1 aliphatic heterocycles. The van der Waals surface area contributed by atoms with Gasteiger partial charge in [0.2, 0.25) is 5.89 Å². The highest BCUT2D eigenvalue weighted by molar-refractivity contribution is 5.18. The Balaban J connectivity index is 1.87. The first-order valence-electron chi connectivity index (χ1n) is 5.12. The van der Waals surface area contributed by atoms with E-state index in [4.69, 9.17) is 14.9 Å². The lowest BCUT2D eigenvalue weighted by Gasteiger charge is -2.22. The quantitative estimate of drug-likeness (QED) is 0.756. The molecule has 3 N–H and O–H groups in total. The minimum Gasteiger partial charge on any atom is -0.407 e. The Morgan fingerprint density at radius 3 is 3.00 bits per heavy atom. The average molecular weight is 212 g/mol. The summed E-state index contributed by atoms with van der Waals surface area (Å²) in [5, 5.41) is 10.6. The van der Waals surface area contributed by atoms with Crippen LogP contribution in [0.25, 0.3) is 0 Å². The topological polar surface area (TPSA) is 86.2 Å². The molecule has 0 radical (unpaired) electrons. The number of nitrogens with two attached hydrogens (primary N) is 1. The lowest BCUT2D eigenvalue weighted by atomic mass is 10.0. The lowest BCUT2D eigenvalue weighted by molar-refractivity contribution is 0.0311. The van der Waals surface area contributed by atoms with Crippen LogP contribution >= 0.6 is 0 Å². The van der Waals surface area contributed by atoms with Crippen molar-refractivity contribution in [2.75, 3.05) is 18.5 Å². The van der Waals surface area contributed by atoms with Crippen LogP contribution in [0.4, 0.5) is 6.01 Å². The van der Waals surface area contributed by atoms with Crippen LogP contribution in [0.5, 0.6) is 0 Å². The van der Waals surface area contributed by atoms with E-state index in [2.05, 4.69) is 22.4 Å². The zero-order valence-electron chi connectivity index (χ0n) is 8.82. The molecule has 1 unspecified atom stereocenters. The summed E-state index contributed by atoms with van der Waals surface area (Å²) in [6.07, 6.45) is 2.16. The van der Waals surface area contributed by atoms with Crippen molar-refractivity contribution >= 4 is 6.01 Å². The Hall–Kier alpha value is -1.14. The third-order valence-electron chi connectivity index (χ3n) is 2.56. The van der Waals surface area contributed by atoms with Crippen LogP contribution in [-0.2, 0) is 11.3 Å². The van der Waals surface area contributed by atoms with Gasteiger partial charge in [0.15, 0.2) is 0 Å². The van der Waals surface area contributed by atoms with E-state index in [1.807, 2.05) is 0 Å². The number of hydrogen-bond acceptors (Lipinski definition) is 6. The van der Waals surface area contributed by atoms with Crippen LogP contribution in [0.2, 0.25) is 0 Å². The first kappa shape index (κ1) is 10.4. The van der Waals surface area contributed by atoms with Crippen LogP contribution in [0.15, 0.2) is 4.42 Å². The van der Waals surface area contributed by atoms with Gasteiger partial charge in [-0.25, -0.2) is 0 Å². The first-order chi connectivity index (χ1) is 7.22. The lowest BCUT2D eigenvalue weighted by Crippen LogP contribution is -2.32. The first-order valence-corrected chi connectivity index (χ1v) is 5.12. The summed E-state index contributed by atoms with van der Waals surface area (Å²) in [6, 6.07) is 0.409. The molecule has 0 aromatic carbocycles.